The molecule has 0 aliphatic rings. The van der Waals surface area contributed by atoms with E-state index in [1.807, 2.05) is 39.0 Å². The molecule has 0 aromatic heterocycles. The van der Waals surface area contributed by atoms with Crippen molar-refractivity contribution in [1.29, 1.82) is 0 Å². The van der Waals surface area contributed by atoms with Crippen LogP contribution in [-0.4, -0.2) is 52.1 Å². The summed E-state index contributed by atoms with van der Waals surface area (Å²) in [6.45, 7) is 18.1. The van der Waals surface area contributed by atoms with Crippen LogP contribution in [0.4, 0.5) is 4.79 Å². The highest BCUT2D eigenvalue weighted by Crippen LogP contribution is 2.29. The SMILES string of the molecule is CCCCNC(=O)C(c1cc(C)cc(C)c1)N(C(=O)C(Cc1ccc(O)cc1)NC(=O)OC(C)(C)C)C(C)CCC(C)C. The lowest BCUT2D eigenvalue weighted by Gasteiger charge is -2.39. The summed E-state index contributed by atoms with van der Waals surface area (Å²) in [5.74, 6) is -0.103. The van der Waals surface area contributed by atoms with E-state index in [0.717, 1.165) is 41.5 Å². The van der Waals surface area contributed by atoms with Gasteiger partial charge in [0.2, 0.25) is 11.8 Å². The Labute approximate surface area is 258 Å². The summed E-state index contributed by atoms with van der Waals surface area (Å²) in [4.78, 5) is 43.5. The first kappa shape index (κ1) is 35.6. The van der Waals surface area contributed by atoms with Crippen LogP contribution in [-0.2, 0) is 20.7 Å². The number of hydrogen-bond acceptors (Lipinski definition) is 5. The largest absolute Gasteiger partial charge is 0.508 e. The molecule has 8 nitrogen and oxygen atoms in total. The Morgan fingerprint density at radius 1 is 0.953 bits per heavy atom. The Kier molecular flexibility index (Phi) is 13.5. The van der Waals surface area contributed by atoms with Crippen molar-refractivity contribution >= 4 is 17.9 Å². The molecule has 0 radical (unpaired) electrons. The standard InChI is InChI=1S/C35H53N3O5/c1-10-11-18-36-32(40)31(28-20-24(4)19-25(5)21-28)38(26(6)13-12-23(2)3)33(41)30(37-34(42)43-35(7,8)9)22-27-14-16-29(39)17-15-27/h14-17,19-21,23,26,30-31,39H,10-13,18,22H2,1-9H3,(H,36,40)(H,37,42). The summed E-state index contributed by atoms with van der Waals surface area (Å²) in [6, 6.07) is 10.3. The van der Waals surface area contributed by atoms with Gasteiger partial charge >= 0.3 is 6.09 Å². The Hall–Kier alpha value is -3.55. The van der Waals surface area contributed by atoms with Gasteiger partial charge < -0.3 is 25.4 Å². The van der Waals surface area contributed by atoms with Crippen LogP contribution < -0.4 is 10.6 Å². The van der Waals surface area contributed by atoms with Crippen LogP contribution in [0.15, 0.2) is 42.5 Å². The minimum atomic E-state index is -1.02. The van der Waals surface area contributed by atoms with E-state index in [-0.39, 0.29) is 30.0 Å². The number of ether oxygens (including phenoxy) is 1. The molecule has 8 heteroatoms. The molecular formula is C35H53N3O5. The van der Waals surface area contributed by atoms with E-state index >= 15 is 0 Å². The number of rotatable bonds is 14. The van der Waals surface area contributed by atoms with Crippen molar-refractivity contribution in [2.24, 2.45) is 5.92 Å². The minimum absolute atomic E-state index is 0.106. The van der Waals surface area contributed by atoms with Gasteiger partial charge in [0.05, 0.1) is 0 Å². The minimum Gasteiger partial charge on any atom is -0.508 e. The van der Waals surface area contributed by atoms with Crippen molar-refractivity contribution in [3.8, 4) is 5.75 Å². The molecule has 0 saturated carbocycles. The van der Waals surface area contributed by atoms with Crippen molar-refractivity contribution in [2.45, 2.75) is 118 Å². The number of carbonyl (C=O) groups excluding carboxylic acids is 3. The molecule has 0 bridgehead atoms. The number of unbranched alkanes of at least 4 members (excludes halogenated alkanes) is 1. The fourth-order valence-electron chi connectivity index (χ4n) is 5.10. The molecule has 0 heterocycles. The molecule has 2 aromatic rings. The van der Waals surface area contributed by atoms with E-state index < -0.39 is 23.8 Å². The number of alkyl carbamates (subject to hydrolysis) is 1. The lowest BCUT2D eigenvalue weighted by Crippen LogP contribution is -2.56. The summed E-state index contributed by atoms with van der Waals surface area (Å²) < 4.78 is 5.54. The Morgan fingerprint density at radius 2 is 1.56 bits per heavy atom. The van der Waals surface area contributed by atoms with Gasteiger partial charge in [0, 0.05) is 19.0 Å². The maximum Gasteiger partial charge on any atom is 0.408 e. The maximum atomic E-state index is 14.7. The Morgan fingerprint density at radius 3 is 2.09 bits per heavy atom. The first-order valence-electron chi connectivity index (χ1n) is 15.6. The maximum absolute atomic E-state index is 14.7. The number of phenols is 1. The van der Waals surface area contributed by atoms with E-state index in [9.17, 15) is 19.5 Å². The first-order chi connectivity index (χ1) is 20.1. The van der Waals surface area contributed by atoms with E-state index in [1.54, 1.807) is 49.9 Å². The zero-order valence-corrected chi connectivity index (χ0v) is 27.6. The van der Waals surface area contributed by atoms with Gasteiger partial charge in [-0.3, -0.25) is 9.59 Å². The van der Waals surface area contributed by atoms with Gasteiger partial charge in [-0.05, 0) is 90.0 Å². The summed E-state index contributed by atoms with van der Waals surface area (Å²) >= 11 is 0. The normalized spacial score (nSPS) is 13.6. The van der Waals surface area contributed by atoms with E-state index in [0.29, 0.717) is 18.9 Å². The zero-order valence-electron chi connectivity index (χ0n) is 27.6. The number of carbonyl (C=O) groups is 3. The number of aromatic hydroxyl groups is 1. The lowest BCUT2D eigenvalue weighted by atomic mass is 9.94. The van der Waals surface area contributed by atoms with Crippen LogP contribution >= 0.6 is 0 Å². The molecule has 3 N–H and O–H groups in total. The van der Waals surface area contributed by atoms with Crippen molar-refractivity contribution in [2.75, 3.05) is 6.54 Å². The summed E-state index contributed by atoms with van der Waals surface area (Å²) in [6.07, 6.45) is 2.75. The van der Waals surface area contributed by atoms with Crippen molar-refractivity contribution in [3.05, 3.63) is 64.7 Å². The van der Waals surface area contributed by atoms with Crippen LogP contribution in [0.25, 0.3) is 0 Å². The van der Waals surface area contributed by atoms with Crippen LogP contribution in [0.5, 0.6) is 5.75 Å². The number of nitrogens with zero attached hydrogens (tertiary/aromatic N) is 1. The molecular weight excluding hydrogens is 542 g/mol. The quantitative estimate of drug-likeness (QED) is 0.209. The van der Waals surface area contributed by atoms with Crippen molar-refractivity contribution in [1.82, 2.24) is 15.5 Å². The molecule has 2 rings (SSSR count). The molecule has 238 valence electrons. The molecule has 0 fully saturated rings. The molecule has 3 atom stereocenters. The van der Waals surface area contributed by atoms with Crippen LogP contribution in [0, 0.1) is 19.8 Å². The number of aryl methyl sites for hydroxylation is 2. The topological polar surface area (TPSA) is 108 Å². The second-order valence-electron chi connectivity index (χ2n) is 13.1. The average molecular weight is 596 g/mol. The van der Waals surface area contributed by atoms with Crippen molar-refractivity contribution in [3.63, 3.8) is 0 Å². The highest BCUT2D eigenvalue weighted by Gasteiger charge is 2.39. The third-order valence-corrected chi connectivity index (χ3v) is 7.17. The number of nitrogens with one attached hydrogen (secondary N) is 2. The zero-order chi connectivity index (χ0) is 32.3. The third kappa shape index (κ3) is 11.9. The van der Waals surface area contributed by atoms with Gasteiger partial charge in [0.25, 0.3) is 0 Å². The average Bonchev–Trinajstić information content (AvgIpc) is 2.89. The summed E-state index contributed by atoms with van der Waals surface area (Å²) in [5, 5.41) is 15.7. The second-order valence-corrected chi connectivity index (χ2v) is 13.1. The predicted molar refractivity (Wildman–Crippen MR) is 172 cm³/mol. The number of phenolic OH excluding ortho intramolecular Hbond substituents is 1. The molecule has 0 spiro atoms. The lowest BCUT2D eigenvalue weighted by molar-refractivity contribution is -0.145. The molecule has 0 aliphatic heterocycles. The fraction of sp³-hybridized carbons (Fsp3) is 0.571. The fourth-order valence-corrected chi connectivity index (χ4v) is 5.10. The molecule has 2 aromatic carbocycles. The van der Waals surface area contributed by atoms with E-state index in [1.165, 1.54) is 0 Å². The Balaban J connectivity index is 2.67. The van der Waals surface area contributed by atoms with Gasteiger partial charge in [-0.15, -0.1) is 0 Å². The summed E-state index contributed by atoms with van der Waals surface area (Å²) in [5.41, 5.74) is 2.71. The predicted octanol–water partition coefficient (Wildman–Crippen LogP) is 6.76. The van der Waals surface area contributed by atoms with Gasteiger partial charge in [-0.2, -0.15) is 0 Å². The molecule has 0 saturated heterocycles. The number of benzene rings is 2. The highest BCUT2D eigenvalue weighted by atomic mass is 16.6. The van der Waals surface area contributed by atoms with Gasteiger partial charge in [0.1, 0.15) is 23.4 Å². The van der Waals surface area contributed by atoms with Gasteiger partial charge in [0.15, 0.2) is 0 Å². The monoisotopic (exact) mass is 595 g/mol. The number of amides is 3. The third-order valence-electron chi connectivity index (χ3n) is 7.17. The highest BCUT2D eigenvalue weighted by molar-refractivity contribution is 5.92. The molecule has 3 amide bonds. The smallest absolute Gasteiger partial charge is 0.408 e. The summed E-state index contributed by atoms with van der Waals surface area (Å²) in [7, 11) is 0. The van der Waals surface area contributed by atoms with E-state index in [4.69, 9.17) is 4.74 Å². The number of hydrogen-bond donors (Lipinski definition) is 3. The molecule has 43 heavy (non-hydrogen) atoms. The molecule has 0 aliphatic carbocycles. The molecule has 3 unspecified atom stereocenters. The van der Waals surface area contributed by atoms with E-state index in [2.05, 4.69) is 31.4 Å². The van der Waals surface area contributed by atoms with Crippen LogP contribution in [0.1, 0.15) is 102 Å². The first-order valence-corrected chi connectivity index (χ1v) is 15.6. The van der Waals surface area contributed by atoms with Crippen molar-refractivity contribution < 1.29 is 24.2 Å². The Bertz CT molecular complexity index is 1180. The van der Waals surface area contributed by atoms with Gasteiger partial charge in [-0.1, -0.05) is 68.7 Å². The van der Waals surface area contributed by atoms with Crippen LogP contribution in [0.2, 0.25) is 0 Å². The second kappa shape index (κ2) is 16.3. The van der Waals surface area contributed by atoms with Crippen LogP contribution in [0.3, 0.4) is 0 Å². The van der Waals surface area contributed by atoms with Gasteiger partial charge in [-0.25, -0.2) is 4.79 Å².